The zero-order valence-electron chi connectivity index (χ0n) is 24.8. The minimum atomic E-state index is -0.920. The summed E-state index contributed by atoms with van der Waals surface area (Å²) in [5.41, 5.74) is -0.490. The molecule has 4 aliphatic heterocycles. The number of benzene rings is 2. The molecule has 236 valence electrons. The topological polar surface area (TPSA) is 98.1 Å². The summed E-state index contributed by atoms with van der Waals surface area (Å²) in [4.78, 5) is 20.4. The summed E-state index contributed by atoms with van der Waals surface area (Å²) in [5.74, 6) is -0.981. The van der Waals surface area contributed by atoms with Crippen LogP contribution in [0.5, 0.6) is 11.8 Å². The fourth-order valence-electron chi connectivity index (χ4n) is 8.36. The SMILES string of the molecule is OCCN1C2CCC1CN(c1nc(OC[C@@]34CCCN3C[C@H](F)C4)nc3c(F)c(-c4cc(O)cc5cccc(F)c45)ncc13)C2. The fourth-order valence-corrected chi connectivity index (χ4v) is 8.36. The van der Waals surface area contributed by atoms with Gasteiger partial charge in [-0.05, 0) is 55.8 Å². The highest BCUT2D eigenvalue weighted by atomic mass is 19.1. The predicted molar refractivity (Wildman–Crippen MR) is 163 cm³/mol. The van der Waals surface area contributed by atoms with Crippen LogP contribution in [-0.2, 0) is 0 Å². The van der Waals surface area contributed by atoms with Crippen molar-refractivity contribution < 1.29 is 28.1 Å². The zero-order chi connectivity index (χ0) is 30.9. The second-order valence-corrected chi connectivity index (χ2v) is 13.0. The number of phenols is 1. The van der Waals surface area contributed by atoms with Crippen LogP contribution in [0.15, 0.2) is 36.5 Å². The van der Waals surface area contributed by atoms with E-state index in [0.717, 1.165) is 32.2 Å². The van der Waals surface area contributed by atoms with Gasteiger partial charge in [-0.15, -0.1) is 0 Å². The molecule has 4 aliphatic rings. The predicted octanol–water partition coefficient (Wildman–Crippen LogP) is 4.43. The highest BCUT2D eigenvalue weighted by molar-refractivity contribution is 6.00. The van der Waals surface area contributed by atoms with Crippen LogP contribution < -0.4 is 9.64 Å². The van der Waals surface area contributed by atoms with Gasteiger partial charge in [0.15, 0.2) is 5.82 Å². The van der Waals surface area contributed by atoms with Crippen molar-refractivity contribution in [1.29, 1.82) is 0 Å². The Morgan fingerprint density at radius 2 is 1.89 bits per heavy atom. The number of rotatable bonds is 7. The number of nitrogens with zero attached hydrogens (tertiary/aromatic N) is 6. The molecule has 0 amide bonds. The van der Waals surface area contributed by atoms with Crippen molar-refractivity contribution in [2.75, 3.05) is 50.8 Å². The van der Waals surface area contributed by atoms with E-state index in [1.807, 2.05) is 0 Å². The van der Waals surface area contributed by atoms with E-state index in [1.54, 1.807) is 6.07 Å². The molecule has 6 heterocycles. The molecule has 12 heteroatoms. The smallest absolute Gasteiger partial charge is 0.319 e. The van der Waals surface area contributed by atoms with Crippen molar-refractivity contribution in [3.05, 3.63) is 48.2 Å². The van der Waals surface area contributed by atoms with Gasteiger partial charge in [-0.1, -0.05) is 12.1 Å². The minimum absolute atomic E-state index is 0.00540. The number of phenolic OH excluding ortho intramolecular Hbond substituents is 1. The van der Waals surface area contributed by atoms with Gasteiger partial charge in [0.2, 0.25) is 0 Å². The highest BCUT2D eigenvalue weighted by Crippen LogP contribution is 2.42. The van der Waals surface area contributed by atoms with Crippen molar-refractivity contribution in [1.82, 2.24) is 24.8 Å². The van der Waals surface area contributed by atoms with E-state index in [-0.39, 0.29) is 59.2 Å². The summed E-state index contributed by atoms with van der Waals surface area (Å²) in [7, 11) is 0. The number of hydrogen-bond donors (Lipinski definition) is 2. The number of halogens is 3. The van der Waals surface area contributed by atoms with E-state index >= 15 is 8.78 Å². The van der Waals surface area contributed by atoms with E-state index < -0.39 is 23.3 Å². The van der Waals surface area contributed by atoms with Crippen LogP contribution in [0.1, 0.15) is 32.1 Å². The van der Waals surface area contributed by atoms with Crippen molar-refractivity contribution in [3.63, 3.8) is 0 Å². The van der Waals surface area contributed by atoms with E-state index in [0.29, 0.717) is 49.2 Å². The first-order valence-corrected chi connectivity index (χ1v) is 15.7. The van der Waals surface area contributed by atoms with Gasteiger partial charge >= 0.3 is 6.01 Å². The summed E-state index contributed by atoms with van der Waals surface area (Å²) in [6, 6.07) is 7.63. The number of pyridine rings is 1. The third-order valence-corrected chi connectivity index (χ3v) is 10.3. The molecular formula is C33H35F3N6O3. The van der Waals surface area contributed by atoms with Crippen LogP contribution >= 0.6 is 0 Å². The van der Waals surface area contributed by atoms with Crippen LogP contribution in [0.4, 0.5) is 19.0 Å². The molecule has 2 bridgehead atoms. The maximum atomic E-state index is 16.7. The lowest BCUT2D eigenvalue weighted by Crippen LogP contribution is -2.54. The lowest BCUT2D eigenvalue weighted by molar-refractivity contribution is 0.107. The number of piperazine rings is 1. The van der Waals surface area contributed by atoms with Crippen LogP contribution in [0.25, 0.3) is 32.9 Å². The van der Waals surface area contributed by atoms with Gasteiger partial charge < -0.3 is 19.8 Å². The Bertz CT molecular complexity index is 1780. The molecule has 9 nitrogen and oxygen atoms in total. The molecule has 2 N–H and O–H groups in total. The Morgan fingerprint density at radius 3 is 2.69 bits per heavy atom. The van der Waals surface area contributed by atoms with Crippen LogP contribution in [0.3, 0.4) is 0 Å². The molecule has 0 aliphatic carbocycles. The van der Waals surface area contributed by atoms with Crippen LogP contribution in [-0.4, -0.2) is 105 Å². The Balaban J connectivity index is 1.24. The van der Waals surface area contributed by atoms with Gasteiger partial charge in [0.25, 0.3) is 0 Å². The average molecular weight is 621 g/mol. The monoisotopic (exact) mass is 620 g/mol. The Morgan fingerprint density at radius 1 is 1.07 bits per heavy atom. The first-order chi connectivity index (χ1) is 21.8. The largest absolute Gasteiger partial charge is 0.508 e. The standard InChI is InChI=1S/C33H35F3N6O3/c34-20-13-33(7-2-8-41(33)15-20)18-45-32-38-30-25(31(39-32)40-16-21-5-6-22(17-40)42(21)9-10-43)14-37-29(28(30)36)24-12-23(44)11-19-3-1-4-26(35)27(19)24/h1,3-4,11-12,14,20-22,43-44H,2,5-10,13,15-18H2/t20-,21?,22?,33+/m1/s1. The van der Waals surface area contributed by atoms with Crippen molar-refractivity contribution in [3.8, 4) is 23.0 Å². The lowest BCUT2D eigenvalue weighted by Gasteiger charge is -2.41. The second kappa shape index (κ2) is 11.0. The van der Waals surface area contributed by atoms with Crippen molar-refractivity contribution in [2.24, 2.45) is 0 Å². The summed E-state index contributed by atoms with van der Waals surface area (Å²) >= 11 is 0. The number of ether oxygens (including phenoxy) is 1. The molecule has 2 aromatic carbocycles. The minimum Gasteiger partial charge on any atom is -0.508 e. The average Bonchev–Trinajstić information content (AvgIpc) is 3.61. The second-order valence-electron chi connectivity index (χ2n) is 13.0. The van der Waals surface area contributed by atoms with Crippen LogP contribution in [0, 0.1) is 11.6 Å². The molecular weight excluding hydrogens is 585 g/mol. The summed E-state index contributed by atoms with van der Waals surface area (Å²) in [6.07, 6.45) is 4.71. The first kappa shape index (κ1) is 28.7. The molecule has 0 radical (unpaired) electrons. The summed E-state index contributed by atoms with van der Waals surface area (Å²) in [6.45, 7) is 3.34. The molecule has 2 aromatic heterocycles. The molecule has 45 heavy (non-hydrogen) atoms. The third-order valence-electron chi connectivity index (χ3n) is 10.3. The third kappa shape index (κ3) is 4.76. The molecule has 0 spiro atoms. The Hall–Kier alpha value is -3.74. The quantitative estimate of drug-likeness (QED) is 0.311. The van der Waals surface area contributed by atoms with E-state index in [1.165, 1.54) is 30.5 Å². The highest BCUT2D eigenvalue weighted by Gasteiger charge is 2.49. The van der Waals surface area contributed by atoms with E-state index in [4.69, 9.17) is 9.72 Å². The molecule has 8 rings (SSSR count). The van der Waals surface area contributed by atoms with Gasteiger partial charge in [-0.2, -0.15) is 9.97 Å². The Labute approximate surface area is 258 Å². The zero-order valence-corrected chi connectivity index (χ0v) is 24.8. The molecule has 4 saturated heterocycles. The van der Waals surface area contributed by atoms with Gasteiger partial charge in [0.05, 0.1) is 17.5 Å². The molecule has 4 atom stereocenters. The molecule has 4 fully saturated rings. The van der Waals surface area contributed by atoms with Gasteiger partial charge in [-0.3, -0.25) is 14.8 Å². The number of aromatic nitrogens is 3. The first-order valence-electron chi connectivity index (χ1n) is 15.7. The van der Waals surface area contributed by atoms with E-state index in [9.17, 15) is 14.6 Å². The summed E-state index contributed by atoms with van der Waals surface area (Å²) in [5, 5.41) is 21.0. The molecule has 2 unspecified atom stereocenters. The molecule has 0 saturated carbocycles. The van der Waals surface area contributed by atoms with Gasteiger partial charge in [0, 0.05) is 61.8 Å². The van der Waals surface area contributed by atoms with E-state index in [2.05, 4.69) is 24.7 Å². The number of anilines is 1. The number of aliphatic hydroxyl groups is 1. The van der Waals surface area contributed by atoms with Crippen molar-refractivity contribution in [2.45, 2.75) is 55.9 Å². The van der Waals surface area contributed by atoms with Gasteiger partial charge in [0.1, 0.15) is 41.4 Å². The molecule has 4 aromatic rings. The maximum Gasteiger partial charge on any atom is 0.319 e. The van der Waals surface area contributed by atoms with Gasteiger partial charge in [-0.25, -0.2) is 13.2 Å². The Kier molecular flexibility index (Phi) is 6.99. The van der Waals surface area contributed by atoms with Crippen molar-refractivity contribution >= 4 is 27.5 Å². The number of fused-ring (bicyclic) bond motifs is 5. The number of aliphatic hydroxyl groups excluding tert-OH is 1. The maximum absolute atomic E-state index is 16.7. The normalized spacial score (nSPS) is 26.8. The lowest BCUT2D eigenvalue weighted by atomic mass is 9.95. The number of aromatic hydroxyl groups is 1. The number of hydrogen-bond acceptors (Lipinski definition) is 9. The van der Waals surface area contributed by atoms with Crippen LogP contribution in [0.2, 0.25) is 0 Å². The summed E-state index contributed by atoms with van der Waals surface area (Å²) < 4.78 is 52.5. The number of alkyl halides is 1. The fraction of sp³-hybridized carbons (Fsp3) is 0.485.